The third kappa shape index (κ3) is 34.5. The number of nitrogen functional groups attached to an aromatic ring is 2. The van der Waals surface area contributed by atoms with Crippen molar-refractivity contribution in [2.45, 2.75) is 104 Å². The number of hydrogen-bond donors (Lipinski definition) is 9. The Morgan fingerprint density at radius 3 is 1.37 bits per heavy atom. The number of thiophene rings is 2. The highest BCUT2D eigenvalue weighted by Crippen LogP contribution is 2.38. The van der Waals surface area contributed by atoms with E-state index in [4.69, 9.17) is 53.9 Å². The van der Waals surface area contributed by atoms with Gasteiger partial charge in [-0.1, -0.05) is 55.4 Å². The van der Waals surface area contributed by atoms with Gasteiger partial charge in [0.1, 0.15) is 33.2 Å². The lowest BCUT2D eigenvalue weighted by Gasteiger charge is -2.04. The van der Waals surface area contributed by atoms with Crippen LogP contribution in [0.25, 0.3) is 81.7 Å². The molecule has 0 aliphatic heterocycles. The van der Waals surface area contributed by atoms with E-state index in [0.29, 0.717) is 34.9 Å². The molecule has 34 heteroatoms. The molecule has 536 valence electrons. The van der Waals surface area contributed by atoms with E-state index in [0.717, 1.165) is 90.8 Å². The molecule has 10 aromatic heterocycles. The van der Waals surface area contributed by atoms with E-state index in [1.165, 1.54) is 29.1 Å². The highest BCUT2D eigenvalue weighted by molar-refractivity contribution is 8.70. The first-order chi connectivity index (χ1) is 47.2. The molecule has 13 N–H and O–H groups in total. The number of rotatable bonds is 10. The SMILES string of the molecule is CC.CC.CC.CC.CC(=O)O.CC(=O)O.CC(=O)c1c[nH]c2ncccc12.CCOC(=O)c1c(-c2c[nH]c3ncccc23)csc1N.N.Nc1cc(-c2c[nH]c3ncccc23)cs1.S=S=S=S=S=S=S=S.[C-]#[N+]/C(C(=O)OCC)=C(/C)c1c[nH]c2ncccc12.[C-]#[N+]CC(=O)OCC. The molecule has 10 aromatic rings. The van der Waals surface area contributed by atoms with Gasteiger partial charge in [-0.3, -0.25) is 19.2 Å². The number of nitrogens with one attached hydrogen (secondary N) is 4. The van der Waals surface area contributed by atoms with E-state index >= 15 is 0 Å². The standard InChI is InChI=1S/C14H13N3O2S.C14H13N3O2.C11H9N3S.C9H8N2O.C5H7NO2.2C2H4O2.4C2H6.H3N.S8/c1-2-19-14(18)11-10(7-20-12(11)15)9-6-17-13-8(9)4-3-5-16-13;1-4-19-14(18)12(15-3)9(2)11-8-17-13-10(11)6-5-7-16-13;12-10-4-7(6-15-10)9-5-14-11-8(9)2-1-3-13-11;1-6(12)8-5-11-9-7(8)3-2-4-10-9;1-3-8-5(7)4-6-2;2*1-2(3)4;4*1-2;;1-3-5-7-8-6-4-2/h3-7H,2,15H2,1H3,(H,16,17);5-8H,4H2,1-2H3,(H,16,17);1-6H,12H2,(H,13,14);2-5H,1H3,(H,10,11);3-4H2,1H3;2*1H3,(H,3,4);4*1-2H3;1H3;/b;12-9-;;;;;;;;;;;. The number of nitrogens with zero attached hydrogens (tertiary/aromatic N) is 6. The predicted octanol–water partition coefficient (Wildman–Crippen LogP) is 15.4. The van der Waals surface area contributed by atoms with Crippen LogP contribution in [-0.4, -0.2) is 112 Å². The van der Waals surface area contributed by atoms with Crippen LogP contribution in [-0.2, 0) is 109 Å². The Morgan fingerprint density at radius 1 is 0.566 bits per heavy atom. The average Bonchev–Trinajstić information content (AvgIpc) is 1.65. The largest absolute Gasteiger partial charge is 0.481 e. The Balaban J connectivity index is -0.00000109. The van der Waals surface area contributed by atoms with Crippen LogP contribution < -0.4 is 17.6 Å². The molecule has 0 aromatic carbocycles. The molecule has 10 rings (SSSR count). The molecule has 0 unspecified atom stereocenters. The smallest absolute Gasteiger partial charge is 0.387 e. The highest BCUT2D eigenvalue weighted by atomic mass is 33.4. The van der Waals surface area contributed by atoms with Gasteiger partial charge >= 0.3 is 24.5 Å². The van der Waals surface area contributed by atoms with Gasteiger partial charge in [0.2, 0.25) is 0 Å². The van der Waals surface area contributed by atoms with Crippen molar-refractivity contribution in [1.29, 1.82) is 0 Å². The van der Waals surface area contributed by atoms with Crippen LogP contribution in [0.4, 0.5) is 10.0 Å². The topological polar surface area (TPSA) is 381 Å². The summed E-state index contributed by atoms with van der Waals surface area (Å²) in [5.74, 6) is -3.02. The van der Waals surface area contributed by atoms with Crippen molar-refractivity contribution in [3.63, 3.8) is 0 Å². The maximum absolute atomic E-state index is 12.1. The van der Waals surface area contributed by atoms with E-state index in [-0.39, 0.29) is 36.8 Å². The lowest BCUT2D eigenvalue weighted by molar-refractivity contribution is -0.141. The molecule has 24 nitrogen and oxygen atoms in total. The van der Waals surface area contributed by atoms with Crippen LogP contribution in [0.3, 0.4) is 0 Å². The quantitative estimate of drug-likeness (QED) is 0.0202. The van der Waals surface area contributed by atoms with Crippen LogP contribution in [0.15, 0.2) is 121 Å². The van der Waals surface area contributed by atoms with Gasteiger partial charge < -0.3 is 66.8 Å². The second-order valence-corrected chi connectivity index (χ2v) is 29.2. The summed E-state index contributed by atoms with van der Waals surface area (Å²) in [5, 5.41) is 23.9. The summed E-state index contributed by atoms with van der Waals surface area (Å²) in [5.41, 5.74) is 21.3. The zero-order chi connectivity index (χ0) is 74.5. The summed E-state index contributed by atoms with van der Waals surface area (Å²) in [7, 11) is 9.12. The number of fused-ring (bicyclic) bond motifs is 4. The number of Topliss-reactive ketones (excluding diaryl/α,β-unsaturated/α-hetero) is 1. The van der Waals surface area contributed by atoms with E-state index in [1.54, 1.807) is 119 Å². The third-order valence-corrected chi connectivity index (χ3v) is 23.4. The fourth-order valence-corrected chi connectivity index (χ4v) is 19.7. The molecule has 10 heterocycles. The van der Waals surface area contributed by atoms with Gasteiger partial charge in [0.05, 0.1) is 31.4 Å². The first kappa shape index (κ1) is 94.4. The Hall–Kier alpha value is -8.78. The molecule has 99 heavy (non-hydrogen) atoms. The zero-order valence-electron chi connectivity index (χ0n) is 57.5. The van der Waals surface area contributed by atoms with Crippen LogP contribution in [0.1, 0.15) is 130 Å². The number of allylic oxidation sites excluding steroid dienone is 1. The number of ketones is 1. The van der Waals surface area contributed by atoms with Crippen molar-refractivity contribution >= 4 is 194 Å². The Kier molecular flexibility index (Phi) is 54.5. The van der Waals surface area contributed by atoms with E-state index in [1.807, 2.05) is 122 Å². The van der Waals surface area contributed by atoms with E-state index < -0.39 is 23.9 Å². The third-order valence-electron chi connectivity index (χ3n) is 10.7. The summed E-state index contributed by atoms with van der Waals surface area (Å²) in [6.07, 6.45) is 14.1. The monoisotopic (exact) mass is 1540 g/mol. The zero-order valence-corrected chi connectivity index (χ0v) is 65.7. The van der Waals surface area contributed by atoms with Crippen LogP contribution in [0.5, 0.6) is 0 Å². The molecule has 0 aliphatic carbocycles. The van der Waals surface area contributed by atoms with Gasteiger partial charge in [0.15, 0.2) is 5.78 Å². The van der Waals surface area contributed by atoms with Gasteiger partial charge in [-0.25, -0.2) is 40.9 Å². The van der Waals surface area contributed by atoms with Crippen molar-refractivity contribution in [2.75, 3.05) is 37.8 Å². The van der Waals surface area contributed by atoms with E-state index in [9.17, 15) is 19.2 Å². The first-order valence-electron chi connectivity index (χ1n) is 29.7. The normalized spacial score (nSPS) is 9.26. The maximum Gasteiger partial charge on any atom is 0.387 e. The number of pyridine rings is 4. The molecule has 0 radical (unpaired) electrons. The molecule has 0 bridgehead atoms. The number of anilines is 2. The van der Waals surface area contributed by atoms with Crippen LogP contribution in [0, 0.1) is 13.1 Å². The second kappa shape index (κ2) is 57.2. The number of ether oxygens (including phenoxy) is 3. The van der Waals surface area contributed by atoms with E-state index in [2.05, 4.69) is 88.1 Å². The molecule has 0 saturated carbocycles. The molecule has 0 saturated heterocycles. The molecule has 0 spiro atoms. The molecular weight excluding hydrogens is 1460 g/mol. The number of carboxylic acid groups (broad SMARTS) is 2. The fraction of sp³-hybridized carbons (Fsp3) is 0.292. The lowest BCUT2D eigenvalue weighted by Crippen LogP contribution is -2.07. The Morgan fingerprint density at radius 2 is 0.970 bits per heavy atom. The summed E-state index contributed by atoms with van der Waals surface area (Å²) in [6.45, 7) is 40.8. The summed E-state index contributed by atoms with van der Waals surface area (Å²) >= 11 is 12.1. The molecule has 0 fully saturated rings. The highest BCUT2D eigenvalue weighted by Gasteiger charge is 2.22. The minimum absolute atomic E-state index is 0. The summed E-state index contributed by atoms with van der Waals surface area (Å²) in [6, 6.07) is 17.2. The molecule has 0 amide bonds. The average molecular weight is 1550 g/mol. The van der Waals surface area contributed by atoms with Crippen molar-refractivity contribution in [2.24, 2.45) is 0 Å². The number of aromatic amines is 4. The maximum atomic E-state index is 12.1. The molecule has 0 atom stereocenters. The number of hydrogen-bond acceptors (Lipinski definition) is 20. The molecule has 0 aliphatic rings. The summed E-state index contributed by atoms with van der Waals surface area (Å²) in [4.78, 5) is 98.1. The Labute approximate surface area is 612 Å². The van der Waals surface area contributed by atoms with Gasteiger partial charge in [0.25, 0.3) is 17.6 Å². The second-order valence-electron chi connectivity index (χ2n) is 16.7. The number of aliphatic carboxylic acids is 2. The number of nitrogens with two attached hydrogens (primary N) is 2. The van der Waals surface area contributed by atoms with Crippen molar-refractivity contribution in [1.82, 2.24) is 46.0 Å². The Bertz CT molecular complexity index is 4440. The number of esters is 3. The predicted molar refractivity (Wildman–Crippen MR) is 426 cm³/mol. The number of carbonyl (C=O) groups excluding carboxylic acids is 4. The van der Waals surface area contributed by atoms with Gasteiger partial charge in [-0.15, -0.1) is 22.7 Å². The number of aromatic nitrogens is 8. The van der Waals surface area contributed by atoms with Gasteiger partial charge in [-0.05, 0) is 106 Å². The van der Waals surface area contributed by atoms with Crippen molar-refractivity contribution in [3.8, 4) is 22.3 Å². The van der Waals surface area contributed by atoms with Crippen molar-refractivity contribution in [3.05, 3.63) is 160 Å². The summed E-state index contributed by atoms with van der Waals surface area (Å²) < 4.78 is 14.4. The van der Waals surface area contributed by atoms with Crippen LogP contribution >= 0.6 is 22.7 Å². The molecular formula is C65H85N13O11S10. The lowest BCUT2D eigenvalue weighted by atomic mass is 10.0. The minimum Gasteiger partial charge on any atom is -0.481 e. The number of carboxylic acids is 2. The van der Waals surface area contributed by atoms with Crippen molar-refractivity contribution < 1.29 is 53.2 Å². The van der Waals surface area contributed by atoms with Gasteiger partial charge in [0, 0.05) is 194 Å². The van der Waals surface area contributed by atoms with Gasteiger partial charge in [-0.2, -0.15) is 0 Å². The van der Waals surface area contributed by atoms with Crippen LogP contribution in [0.2, 0.25) is 0 Å². The minimum atomic E-state index is -0.833. The number of carbonyl (C=O) groups is 6. The fourth-order valence-electron chi connectivity index (χ4n) is 7.29. The first-order valence-corrected chi connectivity index (χ1v) is 40.8. The number of H-pyrrole nitrogens is 4.